The molecule has 0 radical (unpaired) electrons. The van der Waals surface area contributed by atoms with E-state index < -0.39 is 6.17 Å². The molecule has 1 heterocycles. The highest BCUT2D eigenvalue weighted by atomic mass is 15.2. The van der Waals surface area contributed by atoms with Gasteiger partial charge in [0.2, 0.25) is 0 Å². The Kier molecular flexibility index (Phi) is 9.29. The van der Waals surface area contributed by atoms with E-state index in [1.54, 1.807) is 0 Å². The van der Waals surface area contributed by atoms with Gasteiger partial charge in [-0.15, -0.1) is 0 Å². The molecular weight excluding hydrogens is 823 g/mol. The zero-order valence-corrected chi connectivity index (χ0v) is 39.0. The van der Waals surface area contributed by atoms with Crippen molar-refractivity contribution in [1.29, 1.82) is 0 Å². The van der Waals surface area contributed by atoms with E-state index in [1.807, 2.05) is 12.1 Å². The number of aryl methyl sites for hydroxylation is 1. The van der Waals surface area contributed by atoms with E-state index in [2.05, 4.69) is 233 Å². The first-order chi connectivity index (χ1) is 33.3. The van der Waals surface area contributed by atoms with Crippen molar-refractivity contribution in [2.45, 2.75) is 50.6 Å². The Morgan fingerprint density at radius 3 is 2.16 bits per heavy atom. The Labute approximate surface area is 400 Å². The fourth-order valence-corrected chi connectivity index (χ4v) is 13.7. The van der Waals surface area contributed by atoms with Gasteiger partial charge in [0.15, 0.2) is 6.17 Å². The largest absolute Gasteiger partial charge is 0.324 e. The number of hydrogen-bond donors (Lipinski definition) is 1. The number of amidine groups is 2. The normalized spacial score (nSPS) is 27.5. The summed E-state index contributed by atoms with van der Waals surface area (Å²) >= 11 is 0. The second-order valence-electron chi connectivity index (χ2n) is 20.4. The Morgan fingerprint density at radius 2 is 1.37 bits per heavy atom. The molecule has 328 valence electrons. The van der Waals surface area contributed by atoms with Crippen molar-refractivity contribution >= 4 is 22.8 Å². The smallest absolute Gasteiger partial charge is 0.169 e. The number of hydrogen-bond acceptors (Lipinski definition) is 3. The molecule has 0 fully saturated rings. The molecule has 68 heavy (non-hydrogen) atoms. The number of allylic oxidation sites excluding steroid dienone is 12. The molecule has 3 nitrogen and oxygen atoms in total. The number of benzene rings is 5. The minimum atomic E-state index is -0.432. The fraction of sp³-hybridized carbons (Fsp3) is 0.200. The van der Waals surface area contributed by atoms with Gasteiger partial charge in [-0.25, -0.2) is 9.98 Å². The number of nitrogens with zero attached hydrogens (tertiary/aromatic N) is 2. The standard InChI is InChI=1S/C65H53N3/c1-40-37-50(63-67-61(43-24-10-6-11-25-43)66-62(68-63)44-26-12-7-13-27-44)60-49-39-45(59-47-29-15-14-28-46(47)58(42-22-8-5-9-23-42)48-30-20-21-41(2)57(48)59)35-36-51(49)65(56(60)38-40)54-33-18-16-31-52(54)64(3,4)53-32-17-19-34-55(53)65/h5-12,14-26,28-39,41,49,51-52,54,57,61H,1-4H3,(H,66,67,68). The lowest BCUT2D eigenvalue weighted by Crippen LogP contribution is -2.53. The monoisotopic (exact) mass is 875 g/mol. The van der Waals surface area contributed by atoms with Gasteiger partial charge < -0.3 is 5.32 Å². The lowest BCUT2D eigenvalue weighted by atomic mass is 9.46. The van der Waals surface area contributed by atoms with Crippen molar-refractivity contribution in [3.63, 3.8) is 0 Å². The van der Waals surface area contributed by atoms with Gasteiger partial charge in [-0.2, -0.15) is 0 Å². The van der Waals surface area contributed by atoms with Crippen LogP contribution in [0.3, 0.4) is 0 Å². The van der Waals surface area contributed by atoms with Crippen LogP contribution in [-0.4, -0.2) is 11.7 Å². The van der Waals surface area contributed by atoms with Crippen molar-refractivity contribution in [1.82, 2.24) is 5.32 Å². The second-order valence-corrected chi connectivity index (χ2v) is 20.4. The van der Waals surface area contributed by atoms with Crippen molar-refractivity contribution in [3.8, 4) is 0 Å². The summed E-state index contributed by atoms with van der Waals surface area (Å²) in [6.07, 6.45) is 24.2. The Hall–Kier alpha value is -7.54. The molecule has 0 bridgehead atoms. The van der Waals surface area contributed by atoms with E-state index in [1.165, 1.54) is 66.1 Å². The summed E-state index contributed by atoms with van der Waals surface area (Å²) in [5, 5.41) is 6.46. The highest BCUT2D eigenvalue weighted by Crippen LogP contribution is 2.68. The zero-order chi connectivity index (χ0) is 45.7. The van der Waals surface area contributed by atoms with Crippen LogP contribution in [0.4, 0.5) is 0 Å². The van der Waals surface area contributed by atoms with E-state index in [4.69, 9.17) is 9.98 Å². The molecule has 0 amide bonds. The predicted octanol–water partition coefficient (Wildman–Crippen LogP) is 12.0. The first kappa shape index (κ1) is 40.7. The molecule has 3 heteroatoms. The fourth-order valence-electron chi connectivity index (χ4n) is 13.7. The van der Waals surface area contributed by atoms with Gasteiger partial charge in [0.05, 0.1) is 5.56 Å². The topological polar surface area (TPSA) is 36.8 Å². The van der Waals surface area contributed by atoms with Gasteiger partial charge in [-0.3, -0.25) is 0 Å². The molecule has 6 aromatic rings. The summed E-state index contributed by atoms with van der Waals surface area (Å²) in [7, 11) is 0. The van der Waals surface area contributed by atoms with E-state index in [9.17, 15) is 0 Å². The van der Waals surface area contributed by atoms with Crippen molar-refractivity contribution in [2.24, 2.45) is 39.6 Å². The molecule has 13 rings (SSSR count). The maximum atomic E-state index is 5.58. The number of fused-ring (bicyclic) bond motifs is 11. The zero-order valence-electron chi connectivity index (χ0n) is 39.0. The highest BCUT2D eigenvalue weighted by molar-refractivity contribution is 6.16. The number of rotatable bonds is 5. The third kappa shape index (κ3) is 5.93. The summed E-state index contributed by atoms with van der Waals surface area (Å²) < 4.78 is 0. The Balaban J connectivity index is 1.10. The van der Waals surface area contributed by atoms with Crippen molar-refractivity contribution < 1.29 is 0 Å². The molecule has 6 aliphatic carbocycles. The lowest BCUT2D eigenvalue weighted by molar-refractivity contribution is 0.162. The maximum absolute atomic E-state index is 5.58. The maximum Gasteiger partial charge on any atom is 0.169 e. The average molecular weight is 876 g/mol. The lowest BCUT2D eigenvalue weighted by Gasteiger charge is -2.56. The number of nitrogens with one attached hydrogen (secondary N) is 1. The Morgan fingerprint density at radius 1 is 0.647 bits per heavy atom. The van der Waals surface area contributed by atoms with E-state index in [0.29, 0.717) is 11.8 Å². The van der Waals surface area contributed by atoms with Crippen LogP contribution in [0.1, 0.15) is 82.9 Å². The first-order valence-corrected chi connectivity index (χ1v) is 24.5. The second kappa shape index (κ2) is 15.5. The summed E-state index contributed by atoms with van der Waals surface area (Å²) in [4.78, 5) is 10.8. The third-order valence-corrected chi connectivity index (χ3v) is 16.4. The molecule has 1 spiro atoms. The minimum absolute atomic E-state index is 0.0365. The van der Waals surface area contributed by atoms with Gasteiger partial charge in [0, 0.05) is 28.7 Å². The summed E-state index contributed by atoms with van der Waals surface area (Å²) in [6.45, 7) is 9.62. The van der Waals surface area contributed by atoms with E-state index >= 15 is 0 Å². The summed E-state index contributed by atoms with van der Waals surface area (Å²) in [6, 6.07) is 57.6. The van der Waals surface area contributed by atoms with Crippen LogP contribution in [0.15, 0.2) is 221 Å². The molecule has 6 aromatic carbocycles. The third-order valence-electron chi connectivity index (χ3n) is 16.4. The molecule has 0 saturated carbocycles. The van der Waals surface area contributed by atoms with Crippen LogP contribution >= 0.6 is 0 Å². The van der Waals surface area contributed by atoms with Crippen LogP contribution in [0.2, 0.25) is 0 Å². The molecule has 0 saturated heterocycles. The molecule has 7 aliphatic rings. The minimum Gasteiger partial charge on any atom is -0.324 e. The molecule has 8 atom stereocenters. The van der Waals surface area contributed by atoms with E-state index in [-0.39, 0.29) is 34.5 Å². The van der Waals surface area contributed by atoms with Crippen molar-refractivity contribution in [2.75, 3.05) is 0 Å². The molecule has 0 aromatic heterocycles. The predicted molar refractivity (Wildman–Crippen MR) is 278 cm³/mol. The van der Waals surface area contributed by atoms with Gasteiger partial charge >= 0.3 is 0 Å². The van der Waals surface area contributed by atoms with Crippen LogP contribution in [-0.2, 0) is 10.8 Å². The molecule has 1 N–H and O–H groups in total. The average Bonchev–Trinajstić information content (AvgIpc) is 3.67. The van der Waals surface area contributed by atoms with Crippen molar-refractivity contribution in [3.05, 3.63) is 284 Å². The van der Waals surface area contributed by atoms with Crippen LogP contribution < -0.4 is 15.8 Å². The molecule has 1 aliphatic heterocycles. The van der Waals surface area contributed by atoms with Gasteiger partial charge in [0.25, 0.3) is 0 Å². The highest BCUT2D eigenvalue weighted by Gasteiger charge is 2.63. The van der Waals surface area contributed by atoms with Crippen LogP contribution in [0.5, 0.6) is 0 Å². The molecular formula is C65H53N3. The van der Waals surface area contributed by atoms with Crippen LogP contribution in [0.25, 0.3) is 11.1 Å². The van der Waals surface area contributed by atoms with Gasteiger partial charge in [-0.1, -0.05) is 221 Å². The first-order valence-electron chi connectivity index (χ1n) is 24.5. The molecule has 8 unspecified atom stereocenters. The number of aliphatic imine (C=N–C) groups is 2. The summed E-state index contributed by atoms with van der Waals surface area (Å²) in [5.41, 5.74) is 16.2. The quantitative estimate of drug-likeness (QED) is 0.184. The van der Waals surface area contributed by atoms with E-state index in [0.717, 1.165) is 28.4 Å². The van der Waals surface area contributed by atoms with Gasteiger partial charge in [0.1, 0.15) is 11.7 Å². The SMILES string of the molecule is Cc1cc(C2=NC(c3ccccc3)N=C(c3c#cccc3)N2)c2c(c1)C1(c3ccccc3C(C)(C)C3C=CC=CC31)C1C=CC(C3=c4ccccc4=C(c4ccccc4)C4=CC=CC(C)C43)=CC21. The van der Waals surface area contributed by atoms with Crippen LogP contribution in [0, 0.1) is 48.6 Å². The van der Waals surface area contributed by atoms with Gasteiger partial charge in [-0.05, 0) is 114 Å². The summed E-state index contributed by atoms with van der Waals surface area (Å²) in [5.74, 6) is 2.76. The Bertz CT molecular complexity index is 3450.